The molecule has 2 aliphatic rings. The van der Waals surface area contributed by atoms with E-state index in [4.69, 9.17) is 0 Å². The molecule has 24 heavy (non-hydrogen) atoms. The van der Waals surface area contributed by atoms with E-state index in [1.807, 2.05) is 6.07 Å². The van der Waals surface area contributed by atoms with Crippen LogP contribution in [0.3, 0.4) is 0 Å². The van der Waals surface area contributed by atoms with Gasteiger partial charge in [0.05, 0.1) is 16.5 Å². The van der Waals surface area contributed by atoms with Crippen molar-refractivity contribution in [3.05, 3.63) is 71.3 Å². The van der Waals surface area contributed by atoms with Crippen LogP contribution >= 0.6 is 0 Å². The van der Waals surface area contributed by atoms with E-state index in [0.29, 0.717) is 17.5 Å². The number of aliphatic carboxylic acids is 1. The molecule has 2 amide bonds. The van der Waals surface area contributed by atoms with Gasteiger partial charge in [-0.3, -0.25) is 19.3 Å². The normalized spacial score (nSPS) is 24.8. The minimum absolute atomic E-state index is 0.132. The molecule has 1 saturated carbocycles. The molecule has 2 aromatic rings. The van der Waals surface area contributed by atoms with Gasteiger partial charge in [0.15, 0.2) is 0 Å². The Balaban J connectivity index is 1.61. The molecule has 1 aliphatic carbocycles. The van der Waals surface area contributed by atoms with Crippen molar-refractivity contribution < 1.29 is 19.5 Å². The van der Waals surface area contributed by atoms with Crippen LogP contribution in [0.15, 0.2) is 54.6 Å². The summed E-state index contributed by atoms with van der Waals surface area (Å²) >= 11 is 0. The quantitative estimate of drug-likeness (QED) is 0.877. The van der Waals surface area contributed by atoms with Crippen LogP contribution in [0.25, 0.3) is 0 Å². The molecule has 120 valence electrons. The molecular weight excluding hydrogens is 306 g/mol. The largest absolute Gasteiger partial charge is 0.481 e. The first-order chi connectivity index (χ1) is 11.6. The van der Waals surface area contributed by atoms with Crippen LogP contribution in [0.4, 0.5) is 0 Å². The zero-order chi connectivity index (χ0) is 16.9. The Labute approximate surface area is 138 Å². The topological polar surface area (TPSA) is 74.7 Å². The maximum Gasteiger partial charge on any atom is 0.314 e. The van der Waals surface area contributed by atoms with Gasteiger partial charge in [-0.2, -0.15) is 0 Å². The second-order valence-corrected chi connectivity index (χ2v) is 6.31. The number of nitrogens with zero attached hydrogens (tertiary/aromatic N) is 1. The summed E-state index contributed by atoms with van der Waals surface area (Å²) in [5.74, 6) is -1.85. The molecule has 1 fully saturated rings. The third kappa shape index (κ3) is 1.91. The van der Waals surface area contributed by atoms with Crippen molar-refractivity contribution in [2.24, 2.45) is 5.92 Å². The molecule has 5 nitrogen and oxygen atoms in total. The molecule has 2 aromatic carbocycles. The number of imide groups is 1. The zero-order valence-corrected chi connectivity index (χ0v) is 12.8. The van der Waals surface area contributed by atoms with E-state index in [1.165, 1.54) is 4.90 Å². The summed E-state index contributed by atoms with van der Waals surface area (Å²) in [4.78, 5) is 37.9. The number of hydrogen-bond acceptors (Lipinski definition) is 3. The highest BCUT2D eigenvalue weighted by Gasteiger charge is 2.62. The highest BCUT2D eigenvalue weighted by atomic mass is 16.4. The number of carbonyl (C=O) groups is 3. The Kier molecular flexibility index (Phi) is 3.06. The first-order valence-electron chi connectivity index (χ1n) is 7.80. The van der Waals surface area contributed by atoms with E-state index in [9.17, 15) is 19.5 Å². The van der Waals surface area contributed by atoms with E-state index < -0.39 is 11.4 Å². The van der Waals surface area contributed by atoms with Gasteiger partial charge in [0, 0.05) is 6.54 Å². The fourth-order valence-electron chi connectivity index (χ4n) is 3.65. The van der Waals surface area contributed by atoms with Crippen molar-refractivity contribution in [3.63, 3.8) is 0 Å². The SMILES string of the molecule is O=C1c2ccccc2C(=O)N1C[C@H]1C[C@@]1(C(=O)O)c1ccccc1. The smallest absolute Gasteiger partial charge is 0.314 e. The Bertz CT molecular complexity index is 826. The fraction of sp³-hybridized carbons (Fsp3) is 0.211. The van der Waals surface area contributed by atoms with Gasteiger partial charge in [-0.1, -0.05) is 42.5 Å². The number of benzene rings is 2. The summed E-state index contributed by atoms with van der Waals surface area (Å²) in [6.45, 7) is 0.132. The highest BCUT2D eigenvalue weighted by molar-refractivity contribution is 6.21. The maximum atomic E-state index is 12.4. The van der Waals surface area contributed by atoms with Gasteiger partial charge in [-0.05, 0) is 30.0 Å². The third-order valence-corrected chi connectivity index (χ3v) is 5.06. The van der Waals surface area contributed by atoms with Gasteiger partial charge in [0.25, 0.3) is 11.8 Å². The lowest BCUT2D eigenvalue weighted by molar-refractivity contribution is -0.140. The van der Waals surface area contributed by atoms with Gasteiger partial charge in [0.2, 0.25) is 0 Å². The van der Waals surface area contributed by atoms with E-state index in [0.717, 1.165) is 5.56 Å². The molecule has 0 spiro atoms. The average Bonchev–Trinajstić information content (AvgIpc) is 3.29. The summed E-state index contributed by atoms with van der Waals surface area (Å²) in [6, 6.07) is 15.7. The predicted molar refractivity (Wildman–Crippen MR) is 85.7 cm³/mol. The Hall–Kier alpha value is -2.95. The molecule has 2 atom stereocenters. The lowest BCUT2D eigenvalue weighted by atomic mass is 9.93. The fourth-order valence-corrected chi connectivity index (χ4v) is 3.65. The average molecular weight is 321 g/mol. The Morgan fingerprint density at radius 1 is 1.00 bits per heavy atom. The Morgan fingerprint density at radius 3 is 2.08 bits per heavy atom. The molecule has 5 heteroatoms. The lowest BCUT2D eigenvalue weighted by Gasteiger charge is -2.17. The van der Waals surface area contributed by atoms with Crippen molar-refractivity contribution in [1.82, 2.24) is 4.90 Å². The second-order valence-electron chi connectivity index (χ2n) is 6.31. The van der Waals surface area contributed by atoms with Gasteiger partial charge < -0.3 is 5.11 Å². The molecule has 0 saturated heterocycles. The highest BCUT2D eigenvalue weighted by Crippen LogP contribution is 2.55. The van der Waals surface area contributed by atoms with Crippen LogP contribution in [0.2, 0.25) is 0 Å². The minimum Gasteiger partial charge on any atom is -0.481 e. The zero-order valence-electron chi connectivity index (χ0n) is 12.8. The van der Waals surface area contributed by atoms with Crippen molar-refractivity contribution in [3.8, 4) is 0 Å². The van der Waals surface area contributed by atoms with Crippen LogP contribution in [0.1, 0.15) is 32.7 Å². The standard InChI is InChI=1S/C19H15NO4/c21-16-14-8-4-5-9-15(14)17(22)20(16)11-13-10-19(13,18(23)24)12-6-2-1-3-7-12/h1-9,13H,10-11H2,(H,23,24)/t13-,19-/m1/s1. The number of carboxylic acid groups (broad SMARTS) is 1. The Morgan fingerprint density at radius 2 is 1.54 bits per heavy atom. The van der Waals surface area contributed by atoms with Crippen molar-refractivity contribution in [2.45, 2.75) is 11.8 Å². The predicted octanol–water partition coefficient (Wildman–Crippen LogP) is 2.33. The van der Waals surface area contributed by atoms with E-state index in [-0.39, 0.29) is 24.3 Å². The monoisotopic (exact) mass is 321 g/mol. The summed E-state index contributed by atoms with van der Waals surface area (Å²) in [5.41, 5.74) is 0.503. The van der Waals surface area contributed by atoms with E-state index in [1.54, 1.807) is 48.5 Å². The van der Waals surface area contributed by atoms with E-state index >= 15 is 0 Å². The molecular formula is C19H15NO4. The van der Waals surface area contributed by atoms with Crippen LogP contribution in [0.5, 0.6) is 0 Å². The number of carboxylic acids is 1. The minimum atomic E-state index is -1.00. The van der Waals surface area contributed by atoms with Gasteiger partial charge in [0.1, 0.15) is 0 Å². The first-order valence-corrected chi connectivity index (χ1v) is 7.80. The molecule has 0 aromatic heterocycles. The molecule has 1 aliphatic heterocycles. The number of carbonyl (C=O) groups excluding carboxylic acids is 2. The molecule has 4 rings (SSSR count). The molecule has 1 N–H and O–H groups in total. The van der Waals surface area contributed by atoms with Gasteiger partial charge in [-0.15, -0.1) is 0 Å². The van der Waals surface area contributed by atoms with Gasteiger partial charge in [-0.25, -0.2) is 0 Å². The molecule has 0 radical (unpaired) electrons. The summed E-state index contributed by atoms with van der Waals surface area (Å²) < 4.78 is 0. The summed E-state index contributed by atoms with van der Waals surface area (Å²) in [5, 5.41) is 9.72. The number of rotatable bonds is 4. The number of amides is 2. The van der Waals surface area contributed by atoms with Crippen molar-refractivity contribution in [1.29, 1.82) is 0 Å². The maximum absolute atomic E-state index is 12.4. The summed E-state index contributed by atoms with van der Waals surface area (Å²) in [7, 11) is 0. The van der Waals surface area contributed by atoms with Gasteiger partial charge >= 0.3 is 5.97 Å². The number of fused-ring (bicyclic) bond motifs is 1. The number of hydrogen-bond donors (Lipinski definition) is 1. The van der Waals surface area contributed by atoms with Crippen LogP contribution in [0, 0.1) is 5.92 Å². The van der Waals surface area contributed by atoms with Crippen molar-refractivity contribution in [2.75, 3.05) is 6.54 Å². The molecule has 0 unspecified atom stereocenters. The van der Waals surface area contributed by atoms with Crippen LogP contribution in [-0.2, 0) is 10.2 Å². The third-order valence-electron chi connectivity index (χ3n) is 5.06. The first kappa shape index (κ1) is 14.6. The van der Waals surface area contributed by atoms with Crippen LogP contribution in [-0.4, -0.2) is 34.3 Å². The lowest BCUT2D eigenvalue weighted by Crippen LogP contribution is -2.34. The second kappa shape index (κ2) is 5.03. The molecule has 1 heterocycles. The van der Waals surface area contributed by atoms with E-state index in [2.05, 4.69) is 0 Å². The molecule has 0 bridgehead atoms. The summed E-state index contributed by atoms with van der Waals surface area (Å²) in [6.07, 6.45) is 0.430. The van der Waals surface area contributed by atoms with Crippen molar-refractivity contribution >= 4 is 17.8 Å². The van der Waals surface area contributed by atoms with Crippen LogP contribution < -0.4 is 0 Å².